The summed E-state index contributed by atoms with van der Waals surface area (Å²) in [7, 11) is 0. The Labute approximate surface area is 133 Å². The van der Waals surface area contributed by atoms with Crippen LogP contribution in [0.5, 0.6) is 0 Å². The smallest absolute Gasteiger partial charge is 0.267 e. The number of hydrogen-bond donors (Lipinski definition) is 1. The molecule has 0 aromatic heterocycles. The summed E-state index contributed by atoms with van der Waals surface area (Å²) in [6.07, 6.45) is -3.51. The third-order valence-corrected chi connectivity index (χ3v) is 3.45. The molecule has 0 bridgehead atoms. The van der Waals surface area contributed by atoms with Gasteiger partial charge in [0.25, 0.3) is 5.91 Å². The second-order valence-electron chi connectivity index (χ2n) is 4.26. The predicted molar refractivity (Wildman–Crippen MR) is 80.6 cm³/mol. The van der Waals surface area contributed by atoms with Crippen molar-refractivity contribution in [2.75, 3.05) is 0 Å². The van der Waals surface area contributed by atoms with E-state index >= 15 is 0 Å². The van der Waals surface area contributed by atoms with Crippen molar-refractivity contribution >= 4 is 28.1 Å². The maximum absolute atomic E-state index is 12.8. The molecule has 0 aliphatic rings. The van der Waals surface area contributed by atoms with Gasteiger partial charge < -0.3 is 0 Å². The highest BCUT2D eigenvalue weighted by Crippen LogP contribution is 2.31. The van der Waals surface area contributed by atoms with Crippen molar-refractivity contribution in [1.29, 1.82) is 0 Å². The Kier molecular flexibility index (Phi) is 4.97. The number of hydrazone groups is 1. The van der Waals surface area contributed by atoms with Gasteiger partial charge in [0.15, 0.2) is 0 Å². The number of carbonyl (C=O) groups is 1. The lowest BCUT2D eigenvalue weighted by molar-refractivity contribution is -0.137. The van der Waals surface area contributed by atoms with Gasteiger partial charge >= 0.3 is 6.18 Å². The van der Waals surface area contributed by atoms with E-state index < -0.39 is 17.6 Å². The van der Waals surface area contributed by atoms with Gasteiger partial charge in [-0.2, -0.15) is 18.3 Å². The number of carbonyl (C=O) groups excluding carboxylic acids is 1. The van der Waals surface area contributed by atoms with Gasteiger partial charge in [-0.1, -0.05) is 30.3 Å². The van der Waals surface area contributed by atoms with Gasteiger partial charge in [0.05, 0.1) is 17.3 Å². The van der Waals surface area contributed by atoms with Crippen molar-refractivity contribution in [2.45, 2.75) is 6.18 Å². The Morgan fingerprint density at radius 2 is 1.73 bits per heavy atom. The monoisotopic (exact) mass is 370 g/mol. The summed E-state index contributed by atoms with van der Waals surface area (Å²) in [6, 6.07) is 11.6. The number of amides is 1. The Hall–Kier alpha value is -2.15. The molecular formula is C15H10BrF3N2O. The zero-order valence-corrected chi connectivity index (χ0v) is 12.6. The number of benzene rings is 2. The molecule has 0 radical (unpaired) electrons. The van der Waals surface area contributed by atoms with Gasteiger partial charge in [0, 0.05) is 10.0 Å². The van der Waals surface area contributed by atoms with Gasteiger partial charge in [-0.05, 0) is 34.1 Å². The SMILES string of the molecule is O=C(N/N=C/c1ccccc1C(F)(F)F)c1ccccc1Br. The van der Waals surface area contributed by atoms with Gasteiger partial charge in [0.1, 0.15) is 0 Å². The minimum absolute atomic E-state index is 0.123. The molecule has 0 spiro atoms. The van der Waals surface area contributed by atoms with Crippen molar-refractivity contribution in [3.8, 4) is 0 Å². The molecular weight excluding hydrogens is 361 g/mol. The van der Waals surface area contributed by atoms with Crippen molar-refractivity contribution < 1.29 is 18.0 Å². The summed E-state index contributed by atoms with van der Waals surface area (Å²) in [4.78, 5) is 11.9. The first-order valence-electron chi connectivity index (χ1n) is 6.14. The lowest BCUT2D eigenvalue weighted by Gasteiger charge is -2.09. The summed E-state index contributed by atoms with van der Waals surface area (Å²) in [5.41, 5.74) is 1.60. The van der Waals surface area contributed by atoms with E-state index in [-0.39, 0.29) is 5.56 Å². The highest BCUT2D eigenvalue weighted by Gasteiger charge is 2.32. The first-order chi connectivity index (χ1) is 10.4. The number of alkyl halides is 3. The van der Waals surface area contributed by atoms with Crippen LogP contribution in [0.2, 0.25) is 0 Å². The van der Waals surface area contributed by atoms with Gasteiger partial charge in [-0.25, -0.2) is 5.43 Å². The van der Waals surface area contributed by atoms with Crippen molar-refractivity contribution in [2.24, 2.45) is 5.10 Å². The van der Waals surface area contributed by atoms with Gasteiger partial charge in [-0.3, -0.25) is 4.79 Å². The first-order valence-corrected chi connectivity index (χ1v) is 6.93. The van der Waals surface area contributed by atoms with E-state index in [1.165, 1.54) is 18.2 Å². The molecule has 0 heterocycles. The molecule has 0 saturated carbocycles. The number of rotatable bonds is 3. The minimum atomic E-state index is -4.48. The number of halogens is 4. The van der Waals surface area contributed by atoms with Crippen LogP contribution in [-0.4, -0.2) is 12.1 Å². The van der Waals surface area contributed by atoms with E-state index in [9.17, 15) is 18.0 Å². The lowest BCUT2D eigenvalue weighted by Crippen LogP contribution is -2.18. The fourth-order valence-electron chi connectivity index (χ4n) is 1.73. The fourth-order valence-corrected chi connectivity index (χ4v) is 2.20. The molecule has 0 atom stereocenters. The molecule has 0 unspecified atom stereocenters. The van der Waals surface area contributed by atoms with Crippen molar-refractivity contribution in [3.05, 3.63) is 69.7 Å². The second-order valence-corrected chi connectivity index (χ2v) is 5.12. The Morgan fingerprint density at radius 3 is 2.41 bits per heavy atom. The lowest BCUT2D eigenvalue weighted by atomic mass is 10.1. The predicted octanol–water partition coefficient (Wildman–Crippen LogP) is 4.23. The fraction of sp³-hybridized carbons (Fsp3) is 0.0667. The highest BCUT2D eigenvalue weighted by atomic mass is 79.9. The van der Waals surface area contributed by atoms with E-state index in [1.54, 1.807) is 24.3 Å². The van der Waals surface area contributed by atoms with E-state index in [0.717, 1.165) is 12.3 Å². The quantitative estimate of drug-likeness (QED) is 0.637. The molecule has 1 amide bonds. The summed E-state index contributed by atoms with van der Waals surface area (Å²) >= 11 is 3.21. The van der Waals surface area contributed by atoms with Crippen LogP contribution >= 0.6 is 15.9 Å². The zero-order chi connectivity index (χ0) is 16.2. The third kappa shape index (κ3) is 3.94. The van der Waals surface area contributed by atoms with Crippen LogP contribution in [0.3, 0.4) is 0 Å². The molecule has 22 heavy (non-hydrogen) atoms. The molecule has 3 nitrogen and oxygen atoms in total. The van der Waals surface area contributed by atoms with Crippen LogP contribution in [0.15, 0.2) is 58.1 Å². The summed E-state index contributed by atoms with van der Waals surface area (Å²) in [5, 5.41) is 3.59. The largest absolute Gasteiger partial charge is 0.417 e. The second kappa shape index (κ2) is 6.74. The summed E-state index contributed by atoms with van der Waals surface area (Å²) in [5.74, 6) is -0.520. The molecule has 114 valence electrons. The molecule has 2 rings (SSSR count). The Balaban J connectivity index is 2.14. The molecule has 0 aliphatic carbocycles. The van der Waals surface area contributed by atoms with E-state index in [4.69, 9.17) is 0 Å². The van der Waals surface area contributed by atoms with Crippen LogP contribution in [0.1, 0.15) is 21.5 Å². The van der Waals surface area contributed by atoms with Crippen LogP contribution in [0.25, 0.3) is 0 Å². The summed E-state index contributed by atoms with van der Waals surface area (Å²) in [6.45, 7) is 0. The van der Waals surface area contributed by atoms with Gasteiger partial charge in [-0.15, -0.1) is 0 Å². The van der Waals surface area contributed by atoms with E-state index in [2.05, 4.69) is 26.5 Å². The van der Waals surface area contributed by atoms with Crippen LogP contribution in [-0.2, 0) is 6.18 Å². The molecule has 2 aromatic rings. The number of nitrogens with zero attached hydrogens (tertiary/aromatic N) is 1. The van der Waals surface area contributed by atoms with Crippen molar-refractivity contribution in [1.82, 2.24) is 5.43 Å². The minimum Gasteiger partial charge on any atom is -0.267 e. The number of nitrogens with one attached hydrogen (secondary N) is 1. The Bertz CT molecular complexity index is 714. The topological polar surface area (TPSA) is 41.5 Å². The molecule has 1 N–H and O–H groups in total. The standard InChI is InChI=1S/C15H10BrF3N2O/c16-13-8-4-2-6-11(13)14(22)21-20-9-10-5-1-3-7-12(10)15(17,18)19/h1-9H,(H,21,22)/b20-9+. The van der Waals surface area contributed by atoms with E-state index in [1.807, 2.05) is 0 Å². The van der Waals surface area contributed by atoms with Gasteiger partial charge in [0.2, 0.25) is 0 Å². The van der Waals surface area contributed by atoms with Crippen LogP contribution in [0.4, 0.5) is 13.2 Å². The maximum atomic E-state index is 12.8. The average Bonchev–Trinajstić information content (AvgIpc) is 2.47. The first kappa shape index (κ1) is 16.2. The normalized spacial score (nSPS) is 11.6. The molecule has 0 fully saturated rings. The zero-order valence-electron chi connectivity index (χ0n) is 11.1. The van der Waals surface area contributed by atoms with Crippen LogP contribution < -0.4 is 5.43 Å². The molecule has 7 heteroatoms. The molecule has 0 saturated heterocycles. The average molecular weight is 371 g/mol. The maximum Gasteiger partial charge on any atom is 0.417 e. The molecule has 2 aromatic carbocycles. The Morgan fingerprint density at radius 1 is 1.09 bits per heavy atom. The van der Waals surface area contributed by atoms with Crippen molar-refractivity contribution in [3.63, 3.8) is 0 Å². The molecule has 0 aliphatic heterocycles. The summed E-state index contributed by atoms with van der Waals surface area (Å²) < 4.78 is 39.0. The van der Waals surface area contributed by atoms with E-state index in [0.29, 0.717) is 10.0 Å². The third-order valence-electron chi connectivity index (χ3n) is 2.75. The highest BCUT2D eigenvalue weighted by molar-refractivity contribution is 9.10. The van der Waals surface area contributed by atoms with Crippen LogP contribution in [0, 0.1) is 0 Å². The number of hydrogen-bond acceptors (Lipinski definition) is 2.